The Morgan fingerprint density at radius 1 is 0.967 bits per heavy atom. The van der Waals surface area contributed by atoms with E-state index in [4.69, 9.17) is 4.98 Å². The molecule has 0 saturated carbocycles. The van der Waals surface area contributed by atoms with Crippen LogP contribution in [-0.2, 0) is 10.9 Å². The molecule has 0 amide bonds. The summed E-state index contributed by atoms with van der Waals surface area (Å²) in [4.78, 5) is 7.05. The van der Waals surface area contributed by atoms with E-state index in [1.165, 1.54) is 0 Å². The van der Waals surface area contributed by atoms with Gasteiger partial charge in [-0.15, -0.1) is 0 Å². The third kappa shape index (κ3) is 4.41. The van der Waals surface area contributed by atoms with Crippen molar-refractivity contribution in [3.05, 3.63) is 55.2 Å². The Balaban J connectivity index is 0.000000687. The highest BCUT2D eigenvalue weighted by Crippen LogP contribution is 2.30. The molecule has 1 saturated heterocycles. The molecule has 0 bridgehead atoms. The van der Waals surface area contributed by atoms with Crippen molar-refractivity contribution in [3.8, 4) is 22.3 Å². The highest BCUT2D eigenvalue weighted by Gasteiger charge is 2.13. The number of fused-ring (bicyclic) bond motifs is 1. The van der Waals surface area contributed by atoms with Crippen molar-refractivity contribution in [1.29, 1.82) is 0 Å². The minimum absolute atomic E-state index is 0.996. The first-order chi connectivity index (χ1) is 14.7. The Morgan fingerprint density at radius 2 is 1.77 bits per heavy atom. The summed E-state index contributed by atoms with van der Waals surface area (Å²) < 4.78 is 6.92. The molecular formula is C20H21Cl2N7O. The topological polar surface area (TPSA) is 72.5 Å². The van der Waals surface area contributed by atoms with E-state index < -0.39 is 0 Å². The second-order valence-electron chi connectivity index (χ2n) is 6.91. The molecule has 0 unspecified atom stereocenters. The number of halogens is 2. The van der Waals surface area contributed by atoms with E-state index in [1.54, 1.807) is 0 Å². The molecule has 4 aromatic heterocycles. The van der Waals surface area contributed by atoms with Crippen molar-refractivity contribution in [1.82, 2.24) is 29.7 Å². The van der Waals surface area contributed by atoms with Crippen molar-refractivity contribution in [2.45, 2.75) is 0 Å². The number of rotatable bonds is 3. The van der Waals surface area contributed by atoms with E-state index in [-0.39, 0.29) is 0 Å². The van der Waals surface area contributed by atoms with Crippen LogP contribution in [0.1, 0.15) is 0 Å². The lowest BCUT2D eigenvalue weighted by Crippen LogP contribution is -2.43. The normalized spacial score (nSPS) is 13.9. The molecule has 1 fully saturated rings. The fraction of sp³-hybridized carbons (Fsp3) is 0.250. The summed E-state index contributed by atoms with van der Waals surface area (Å²) in [5.41, 5.74) is 5.43. The Labute approximate surface area is 184 Å². The van der Waals surface area contributed by atoms with Crippen LogP contribution in [0.25, 0.3) is 27.8 Å². The third-order valence-corrected chi connectivity index (χ3v) is 5.05. The zero-order valence-electron chi connectivity index (χ0n) is 16.4. The molecule has 1 aliphatic heterocycles. The molecule has 30 heavy (non-hydrogen) atoms. The number of aromatic nitrogens is 5. The van der Waals surface area contributed by atoms with Gasteiger partial charge in [-0.3, -0.25) is 4.68 Å². The number of hydrogen-bond acceptors (Lipinski definition) is 6. The summed E-state index contributed by atoms with van der Waals surface area (Å²) >= 11 is 8.53. The molecule has 0 atom stereocenters. The largest absolute Gasteiger partial charge is 0.354 e. The Morgan fingerprint density at radius 3 is 2.43 bits per heavy atom. The lowest BCUT2D eigenvalue weighted by molar-refractivity contribution is 0.585. The van der Waals surface area contributed by atoms with Crippen molar-refractivity contribution in [3.63, 3.8) is 0 Å². The third-order valence-electron chi connectivity index (χ3n) is 5.05. The Kier molecular flexibility index (Phi) is 6.49. The van der Waals surface area contributed by atoms with Gasteiger partial charge in [0.15, 0.2) is 0 Å². The van der Waals surface area contributed by atoms with Crippen LogP contribution in [0, 0.1) is 0 Å². The number of aryl methyl sites for hydroxylation is 1. The smallest absolute Gasteiger partial charge is 0.128 e. The van der Waals surface area contributed by atoms with Crippen molar-refractivity contribution in [2.75, 3.05) is 31.1 Å². The summed E-state index contributed by atoms with van der Waals surface area (Å²) in [7, 11) is 1.93. The number of hydrogen-bond donors (Lipinski definition) is 1. The minimum Gasteiger partial charge on any atom is -0.354 e. The van der Waals surface area contributed by atoms with Gasteiger partial charge in [0, 0.05) is 80.3 Å². The van der Waals surface area contributed by atoms with Gasteiger partial charge in [0.1, 0.15) is 5.82 Å². The molecule has 0 radical (unpaired) electrons. The predicted molar refractivity (Wildman–Crippen MR) is 118 cm³/mol. The van der Waals surface area contributed by atoms with Crippen molar-refractivity contribution >= 4 is 35.1 Å². The maximum atomic E-state index is 4.73. The lowest BCUT2D eigenvalue weighted by Gasteiger charge is -2.28. The fourth-order valence-electron chi connectivity index (χ4n) is 3.61. The first-order valence-corrected chi connectivity index (χ1v) is 10.1. The Hall–Kier alpha value is -2.65. The molecule has 4 aromatic rings. The molecule has 0 aromatic carbocycles. The van der Waals surface area contributed by atoms with E-state index in [9.17, 15) is 0 Å². The molecule has 1 aliphatic rings. The van der Waals surface area contributed by atoms with E-state index >= 15 is 0 Å². The highest BCUT2D eigenvalue weighted by atomic mass is 35.6. The highest BCUT2D eigenvalue weighted by molar-refractivity contribution is 6.24. The summed E-state index contributed by atoms with van der Waals surface area (Å²) in [6, 6.07) is 8.49. The molecular weight excluding hydrogens is 425 g/mol. The van der Waals surface area contributed by atoms with Crippen LogP contribution >= 0.6 is 23.7 Å². The van der Waals surface area contributed by atoms with Gasteiger partial charge in [-0.05, 0) is 24.3 Å². The average Bonchev–Trinajstić information content (AvgIpc) is 3.43. The van der Waals surface area contributed by atoms with Gasteiger partial charge in [-0.25, -0.2) is 9.50 Å². The molecule has 1 N–H and O–H groups in total. The van der Waals surface area contributed by atoms with Gasteiger partial charge in [0.05, 0.1) is 35.4 Å². The number of anilines is 1. The fourth-order valence-corrected chi connectivity index (χ4v) is 3.61. The second-order valence-corrected chi connectivity index (χ2v) is 7.37. The second kappa shape index (κ2) is 9.44. The van der Waals surface area contributed by atoms with Crippen LogP contribution < -0.4 is 10.2 Å². The molecule has 0 aliphatic carbocycles. The van der Waals surface area contributed by atoms with Crippen molar-refractivity contribution in [2.24, 2.45) is 7.05 Å². The zero-order valence-corrected chi connectivity index (χ0v) is 17.9. The lowest BCUT2D eigenvalue weighted by atomic mass is 10.0. The van der Waals surface area contributed by atoms with Crippen LogP contribution in [0.2, 0.25) is 0 Å². The predicted octanol–water partition coefficient (Wildman–Crippen LogP) is 3.52. The van der Waals surface area contributed by atoms with Crippen LogP contribution in [0.4, 0.5) is 5.82 Å². The minimum atomic E-state index is 0.996. The van der Waals surface area contributed by atoms with Gasteiger partial charge in [-0.1, -0.05) is 0 Å². The summed E-state index contributed by atoms with van der Waals surface area (Å²) in [6.07, 6.45) is 9.72. The first-order valence-electron chi connectivity index (χ1n) is 9.47. The zero-order chi connectivity index (χ0) is 20.9. The molecule has 0 spiro atoms. The Bertz CT molecular complexity index is 1100. The molecule has 5 heterocycles. The SMILES string of the molecule is ClOCl.Cn1cc(-c2cc(-c3ccc(N4CCNCC4)nc3)c3ccnn3c2)cn1. The monoisotopic (exact) mass is 445 g/mol. The number of pyridine rings is 2. The van der Waals surface area contributed by atoms with Gasteiger partial charge >= 0.3 is 0 Å². The van der Waals surface area contributed by atoms with Gasteiger partial charge in [0.2, 0.25) is 0 Å². The maximum Gasteiger partial charge on any atom is 0.128 e. The average molecular weight is 446 g/mol. The standard InChI is InChI=1S/C20H21N7.Cl2O/c1-25-13-17(12-24-25)16-10-18(19-4-5-23-27(19)14-16)15-2-3-20(22-11-15)26-8-6-21-7-9-26;1-3-2/h2-5,10-14,21H,6-9H2,1H3;. The van der Waals surface area contributed by atoms with Crippen molar-refractivity contribution < 1.29 is 3.84 Å². The molecule has 5 rings (SSSR count). The number of piperazine rings is 1. The van der Waals surface area contributed by atoms with Gasteiger partial charge in [0.25, 0.3) is 0 Å². The quantitative estimate of drug-likeness (QED) is 0.519. The maximum absolute atomic E-state index is 4.73. The molecule has 8 nitrogen and oxygen atoms in total. The van der Waals surface area contributed by atoms with Gasteiger partial charge < -0.3 is 10.2 Å². The van der Waals surface area contributed by atoms with Crippen LogP contribution in [0.15, 0.2) is 55.2 Å². The molecule has 10 heteroatoms. The first kappa shape index (κ1) is 20.6. The van der Waals surface area contributed by atoms with Crippen LogP contribution in [-0.4, -0.2) is 50.6 Å². The number of nitrogens with zero attached hydrogens (tertiary/aromatic N) is 6. The van der Waals surface area contributed by atoms with Crippen LogP contribution in [0.3, 0.4) is 0 Å². The van der Waals surface area contributed by atoms with E-state index in [1.807, 2.05) is 53.3 Å². The number of nitrogens with one attached hydrogen (secondary N) is 1. The summed E-state index contributed by atoms with van der Waals surface area (Å²) in [5, 5.41) is 12.1. The van der Waals surface area contributed by atoms with E-state index in [0.717, 1.165) is 59.8 Å². The van der Waals surface area contributed by atoms with E-state index in [0.29, 0.717) is 0 Å². The van der Waals surface area contributed by atoms with Gasteiger partial charge in [-0.2, -0.15) is 14.0 Å². The summed E-state index contributed by atoms with van der Waals surface area (Å²) in [5.74, 6) is 1.04. The van der Waals surface area contributed by atoms with E-state index in [2.05, 4.69) is 66.2 Å². The molecule has 156 valence electrons. The summed E-state index contributed by atoms with van der Waals surface area (Å²) in [6.45, 7) is 4.01. The van der Waals surface area contributed by atoms with Crippen LogP contribution in [0.5, 0.6) is 0 Å².